The molecule has 0 heterocycles. The topological polar surface area (TPSA) is 29.3 Å². The predicted molar refractivity (Wildman–Crippen MR) is 73.5 cm³/mol. The minimum Gasteiger partial charge on any atom is -0.389 e. The van der Waals surface area contributed by atoms with Crippen LogP contribution in [-0.2, 0) is 6.54 Å². The van der Waals surface area contributed by atoms with E-state index in [-0.39, 0.29) is 10.8 Å². The Morgan fingerprint density at radius 1 is 1.47 bits per heavy atom. The number of rotatable bonds is 5. The molecule has 1 aromatic rings. The van der Waals surface area contributed by atoms with Crippen molar-refractivity contribution < 1.29 is 4.39 Å². The lowest BCUT2D eigenvalue weighted by molar-refractivity contribution is 0.288. The third-order valence-corrected chi connectivity index (χ3v) is 2.65. The van der Waals surface area contributed by atoms with Crippen molar-refractivity contribution in [3.8, 4) is 0 Å². The Balaban J connectivity index is 2.79. The Morgan fingerprint density at radius 2 is 2.12 bits per heavy atom. The molecule has 0 spiro atoms. The van der Waals surface area contributed by atoms with E-state index in [2.05, 4.69) is 18.7 Å². The van der Waals surface area contributed by atoms with E-state index in [0.717, 1.165) is 18.7 Å². The number of halogens is 1. The molecule has 0 bridgehead atoms. The van der Waals surface area contributed by atoms with Gasteiger partial charge in [0.2, 0.25) is 0 Å². The van der Waals surface area contributed by atoms with Crippen LogP contribution in [0.4, 0.5) is 4.39 Å². The molecule has 0 saturated heterocycles. The van der Waals surface area contributed by atoms with Crippen LogP contribution in [0.15, 0.2) is 18.2 Å². The van der Waals surface area contributed by atoms with Crippen molar-refractivity contribution in [3.63, 3.8) is 0 Å². The highest BCUT2D eigenvalue weighted by Gasteiger charge is 2.08. The van der Waals surface area contributed by atoms with E-state index in [1.54, 1.807) is 12.1 Å². The summed E-state index contributed by atoms with van der Waals surface area (Å²) in [4.78, 5) is 2.30. The smallest absolute Gasteiger partial charge is 0.133 e. The number of thiocarbonyl (C=S) groups is 1. The van der Waals surface area contributed by atoms with Gasteiger partial charge in [-0.1, -0.05) is 32.1 Å². The Bertz CT molecular complexity index is 404. The summed E-state index contributed by atoms with van der Waals surface area (Å²) in [6, 6.07) is 4.93. The van der Waals surface area contributed by atoms with Gasteiger partial charge < -0.3 is 10.6 Å². The van der Waals surface area contributed by atoms with Crippen molar-refractivity contribution in [2.24, 2.45) is 11.7 Å². The molecule has 0 aliphatic rings. The van der Waals surface area contributed by atoms with Crippen molar-refractivity contribution in [2.75, 3.05) is 13.6 Å². The first kappa shape index (κ1) is 14.1. The van der Waals surface area contributed by atoms with Crippen molar-refractivity contribution in [3.05, 3.63) is 35.1 Å². The molecule has 0 aliphatic carbocycles. The molecule has 2 N–H and O–H groups in total. The summed E-state index contributed by atoms with van der Waals surface area (Å²) < 4.78 is 13.4. The van der Waals surface area contributed by atoms with E-state index in [4.69, 9.17) is 18.0 Å². The minimum absolute atomic E-state index is 0.107. The van der Waals surface area contributed by atoms with Gasteiger partial charge in [0.25, 0.3) is 0 Å². The summed E-state index contributed by atoms with van der Waals surface area (Å²) in [6.07, 6.45) is 0. The van der Waals surface area contributed by atoms with Crippen molar-refractivity contribution in [2.45, 2.75) is 20.4 Å². The predicted octanol–water partition coefficient (Wildman–Crippen LogP) is 2.55. The first-order valence-corrected chi connectivity index (χ1v) is 6.07. The van der Waals surface area contributed by atoms with Gasteiger partial charge in [0.1, 0.15) is 10.8 Å². The van der Waals surface area contributed by atoms with Crippen LogP contribution in [0, 0.1) is 11.7 Å². The molecule has 0 amide bonds. The van der Waals surface area contributed by atoms with Crippen LogP contribution in [0.25, 0.3) is 0 Å². The van der Waals surface area contributed by atoms with Crippen LogP contribution in [-0.4, -0.2) is 23.5 Å². The van der Waals surface area contributed by atoms with Gasteiger partial charge in [0.05, 0.1) is 0 Å². The van der Waals surface area contributed by atoms with Crippen LogP contribution in [0.3, 0.4) is 0 Å². The van der Waals surface area contributed by atoms with Crippen LogP contribution >= 0.6 is 12.2 Å². The number of benzene rings is 1. The lowest BCUT2D eigenvalue weighted by Crippen LogP contribution is -2.23. The number of nitrogens with two attached hydrogens (primary N) is 1. The fourth-order valence-corrected chi connectivity index (χ4v) is 2.02. The minimum atomic E-state index is -0.354. The third kappa shape index (κ3) is 4.40. The Morgan fingerprint density at radius 3 is 2.65 bits per heavy atom. The standard InChI is InChI=1S/C13H19FN2S/c1-9(2)7-16(3)8-10-4-5-12(14)11(6-10)13(15)17/h4-6,9H,7-8H2,1-3H3,(H2,15,17). The number of nitrogens with zero attached hydrogens (tertiary/aromatic N) is 1. The molecule has 17 heavy (non-hydrogen) atoms. The highest BCUT2D eigenvalue weighted by atomic mass is 32.1. The normalized spacial score (nSPS) is 11.2. The largest absolute Gasteiger partial charge is 0.389 e. The molecule has 0 fully saturated rings. The van der Waals surface area contributed by atoms with E-state index in [1.165, 1.54) is 6.07 Å². The van der Waals surface area contributed by atoms with Gasteiger partial charge in [-0.05, 0) is 30.7 Å². The molecular weight excluding hydrogens is 235 g/mol. The van der Waals surface area contributed by atoms with Crippen molar-refractivity contribution >= 4 is 17.2 Å². The zero-order chi connectivity index (χ0) is 13.0. The summed E-state index contributed by atoms with van der Waals surface area (Å²) in [7, 11) is 2.05. The van der Waals surface area contributed by atoms with Gasteiger partial charge >= 0.3 is 0 Å². The van der Waals surface area contributed by atoms with E-state index >= 15 is 0 Å². The molecule has 0 radical (unpaired) electrons. The van der Waals surface area contributed by atoms with E-state index < -0.39 is 0 Å². The summed E-state index contributed by atoms with van der Waals surface area (Å²) in [5.74, 6) is 0.253. The Kier molecular flexibility index (Phi) is 5.02. The second kappa shape index (κ2) is 6.07. The van der Waals surface area contributed by atoms with Crippen LogP contribution < -0.4 is 5.73 Å². The van der Waals surface area contributed by atoms with Crippen LogP contribution in [0.1, 0.15) is 25.0 Å². The molecule has 4 heteroatoms. The quantitative estimate of drug-likeness (QED) is 0.819. The van der Waals surface area contributed by atoms with Crippen molar-refractivity contribution in [1.82, 2.24) is 4.90 Å². The third-order valence-electron chi connectivity index (χ3n) is 2.43. The van der Waals surface area contributed by atoms with Gasteiger partial charge in [-0.25, -0.2) is 4.39 Å². The maximum absolute atomic E-state index is 13.4. The molecule has 0 atom stereocenters. The van der Waals surface area contributed by atoms with E-state index in [0.29, 0.717) is 11.5 Å². The van der Waals surface area contributed by atoms with Crippen LogP contribution in [0.5, 0.6) is 0 Å². The summed E-state index contributed by atoms with van der Waals surface area (Å²) in [6.45, 7) is 6.11. The maximum Gasteiger partial charge on any atom is 0.133 e. The molecule has 0 saturated carbocycles. The second-order valence-corrected chi connectivity index (χ2v) is 5.21. The number of hydrogen-bond acceptors (Lipinski definition) is 2. The molecular formula is C13H19FN2S. The molecule has 1 rings (SSSR count). The average molecular weight is 254 g/mol. The fourth-order valence-electron chi connectivity index (χ4n) is 1.86. The summed E-state index contributed by atoms with van der Waals surface area (Å²) in [5, 5.41) is 0. The maximum atomic E-state index is 13.4. The zero-order valence-electron chi connectivity index (χ0n) is 10.5. The molecule has 0 aromatic heterocycles. The lowest BCUT2D eigenvalue weighted by atomic mass is 10.1. The second-order valence-electron chi connectivity index (χ2n) is 4.77. The summed E-state index contributed by atoms with van der Waals surface area (Å²) in [5.41, 5.74) is 6.83. The Labute approximate surface area is 108 Å². The molecule has 0 aliphatic heterocycles. The molecule has 2 nitrogen and oxygen atoms in total. The summed E-state index contributed by atoms with van der Waals surface area (Å²) >= 11 is 4.82. The first-order chi connectivity index (χ1) is 7.90. The average Bonchev–Trinajstić information content (AvgIpc) is 2.19. The van der Waals surface area contributed by atoms with E-state index in [1.807, 2.05) is 7.05 Å². The highest BCUT2D eigenvalue weighted by Crippen LogP contribution is 2.12. The van der Waals surface area contributed by atoms with Gasteiger partial charge in [-0.15, -0.1) is 0 Å². The van der Waals surface area contributed by atoms with Crippen molar-refractivity contribution in [1.29, 1.82) is 0 Å². The van der Waals surface area contributed by atoms with Gasteiger partial charge in [-0.2, -0.15) is 0 Å². The zero-order valence-corrected chi connectivity index (χ0v) is 11.4. The first-order valence-electron chi connectivity index (χ1n) is 5.67. The lowest BCUT2D eigenvalue weighted by Gasteiger charge is -2.19. The molecule has 1 aromatic carbocycles. The molecule has 0 unspecified atom stereocenters. The fraction of sp³-hybridized carbons (Fsp3) is 0.462. The van der Waals surface area contributed by atoms with Gasteiger partial charge in [-0.3, -0.25) is 0 Å². The van der Waals surface area contributed by atoms with Crippen LogP contribution in [0.2, 0.25) is 0 Å². The van der Waals surface area contributed by atoms with Gasteiger partial charge in [0, 0.05) is 18.7 Å². The SMILES string of the molecule is CC(C)CN(C)Cc1ccc(F)c(C(N)=S)c1. The monoisotopic (exact) mass is 254 g/mol. The van der Waals surface area contributed by atoms with Gasteiger partial charge in [0.15, 0.2) is 0 Å². The molecule has 94 valence electrons. The highest BCUT2D eigenvalue weighted by molar-refractivity contribution is 7.80. The number of hydrogen-bond donors (Lipinski definition) is 1. The Hall–Kier alpha value is -1.00. The van der Waals surface area contributed by atoms with E-state index in [9.17, 15) is 4.39 Å².